The van der Waals surface area contributed by atoms with Gasteiger partial charge in [-0.05, 0) is 18.8 Å². The van der Waals surface area contributed by atoms with Crippen LogP contribution in [0.3, 0.4) is 0 Å². The highest BCUT2D eigenvalue weighted by molar-refractivity contribution is 7.91. The third kappa shape index (κ3) is 2.81. The first-order valence-corrected chi connectivity index (χ1v) is 5.74. The van der Waals surface area contributed by atoms with Crippen LogP contribution in [0.5, 0.6) is 0 Å². The Hall–Kier alpha value is -0.580. The van der Waals surface area contributed by atoms with Gasteiger partial charge >= 0.3 is 5.97 Å². The number of aliphatic carboxylic acids is 1. The van der Waals surface area contributed by atoms with Gasteiger partial charge in [-0.2, -0.15) is 0 Å². The van der Waals surface area contributed by atoms with Crippen LogP contribution in [0.25, 0.3) is 0 Å². The van der Waals surface area contributed by atoms with E-state index in [0.717, 1.165) is 6.42 Å². The van der Waals surface area contributed by atoms with Crippen LogP contribution in [0.4, 0.5) is 0 Å². The van der Waals surface area contributed by atoms with Gasteiger partial charge in [-0.15, -0.1) is 0 Å². The van der Waals surface area contributed by atoms with E-state index in [4.69, 9.17) is 5.11 Å². The Balaban J connectivity index is 2.53. The third-order valence-electron chi connectivity index (χ3n) is 2.02. The molecule has 5 heteroatoms. The van der Waals surface area contributed by atoms with Crippen LogP contribution in [0, 0.1) is 5.92 Å². The minimum Gasteiger partial charge on any atom is -0.481 e. The minimum atomic E-state index is -2.94. The van der Waals surface area contributed by atoms with Gasteiger partial charge < -0.3 is 5.11 Å². The molecule has 0 bridgehead atoms. The van der Waals surface area contributed by atoms with E-state index in [-0.39, 0.29) is 23.8 Å². The molecule has 1 saturated heterocycles. The predicted octanol–water partition coefficient (Wildman–Crippen LogP) is 0.286. The van der Waals surface area contributed by atoms with E-state index >= 15 is 0 Å². The van der Waals surface area contributed by atoms with Crippen LogP contribution >= 0.6 is 0 Å². The summed E-state index contributed by atoms with van der Waals surface area (Å²) in [6.45, 7) is 0. The van der Waals surface area contributed by atoms with Crippen molar-refractivity contribution in [2.24, 2.45) is 5.92 Å². The first-order valence-electron chi connectivity index (χ1n) is 3.92. The molecule has 1 fully saturated rings. The van der Waals surface area contributed by atoms with Crippen molar-refractivity contribution in [1.82, 2.24) is 0 Å². The third-order valence-corrected chi connectivity index (χ3v) is 3.91. The molecule has 0 unspecified atom stereocenters. The quantitative estimate of drug-likeness (QED) is 0.682. The second kappa shape index (κ2) is 3.43. The van der Waals surface area contributed by atoms with Crippen molar-refractivity contribution in [2.45, 2.75) is 19.3 Å². The average Bonchev–Trinajstić information content (AvgIpc) is 1.82. The number of hydrogen-bond donors (Lipinski definition) is 1. The second-order valence-electron chi connectivity index (χ2n) is 3.22. The monoisotopic (exact) mass is 192 g/mol. The van der Waals surface area contributed by atoms with Crippen molar-refractivity contribution in [3.63, 3.8) is 0 Å². The lowest BCUT2D eigenvalue weighted by Crippen LogP contribution is -2.26. The van der Waals surface area contributed by atoms with E-state index in [1.165, 1.54) is 0 Å². The fourth-order valence-electron chi connectivity index (χ4n) is 1.53. The zero-order chi connectivity index (χ0) is 9.19. The van der Waals surface area contributed by atoms with Crippen LogP contribution in [0.15, 0.2) is 0 Å². The first kappa shape index (κ1) is 9.51. The number of hydrogen-bond acceptors (Lipinski definition) is 3. The van der Waals surface area contributed by atoms with E-state index in [1.807, 2.05) is 0 Å². The number of sulfone groups is 1. The maximum Gasteiger partial charge on any atom is 0.303 e. The lowest BCUT2D eigenvalue weighted by Gasteiger charge is -2.19. The Morgan fingerprint density at radius 3 is 2.67 bits per heavy atom. The summed E-state index contributed by atoms with van der Waals surface area (Å²) in [7, 11) is -2.94. The molecule has 12 heavy (non-hydrogen) atoms. The molecule has 1 aliphatic rings. The van der Waals surface area contributed by atoms with Gasteiger partial charge in [0.05, 0.1) is 11.5 Å². The number of rotatable bonds is 2. The highest BCUT2D eigenvalue weighted by atomic mass is 32.2. The Morgan fingerprint density at radius 1 is 1.50 bits per heavy atom. The summed E-state index contributed by atoms with van der Waals surface area (Å²) in [6.07, 6.45) is 1.32. The van der Waals surface area contributed by atoms with Crippen molar-refractivity contribution >= 4 is 15.8 Å². The molecule has 1 heterocycles. The molecule has 1 rings (SSSR count). The number of carboxylic acids is 1. The minimum absolute atomic E-state index is 0.0147. The zero-order valence-electron chi connectivity index (χ0n) is 6.69. The molecule has 1 N–H and O–H groups in total. The predicted molar refractivity (Wildman–Crippen MR) is 43.6 cm³/mol. The fourth-order valence-corrected chi connectivity index (χ4v) is 3.30. The van der Waals surface area contributed by atoms with E-state index in [9.17, 15) is 13.2 Å². The van der Waals surface area contributed by atoms with Crippen molar-refractivity contribution in [3.8, 4) is 0 Å². The van der Waals surface area contributed by atoms with Gasteiger partial charge in [-0.1, -0.05) is 0 Å². The Kier molecular flexibility index (Phi) is 2.72. The van der Waals surface area contributed by atoms with Gasteiger partial charge in [0, 0.05) is 6.42 Å². The van der Waals surface area contributed by atoms with Crippen molar-refractivity contribution < 1.29 is 18.3 Å². The molecule has 0 amide bonds. The molecule has 1 atom stereocenters. The van der Waals surface area contributed by atoms with Crippen LogP contribution in [-0.2, 0) is 14.6 Å². The Labute approximate surface area is 71.5 Å². The highest BCUT2D eigenvalue weighted by Gasteiger charge is 2.25. The molecule has 4 nitrogen and oxygen atoms in total. The van der Waals surface area contributed by atoms with E-state index in [0.29, 0.717) is 6.42 Å². The summed E-state index contributed by atoms with van der Waals surface area (Å²) >= 11 is 0. The van der Waals surface area contributed by atoms with Gasteiger partial charge in [0.2, 0.25) is 0 Å². The molecular weight excluding hydrogens is 180 g/mol. The molecule has 0 spiro atoms. The van der Waals surface area contributed by atoms with Crippen LogP contribution in [0.1, 0.15) is 19.3 Å². The topological polar surface area (TPSA) is 71.4 Å². The SMILES string of the molecule is O=C(O)C[C@@H]1CCCS(=O)(=O)C1. The van der Waals surface area contributed by atoms with Crippen molar-refractivity contribution in [1.29, 1.82) is 0 Å². The second-order valence-corrected chi connectivity index (χ2v) is 5.45. The maximum atomic E-state index is 11.0. The lowest BCUT2D eigenvalue weighted by atomic mass is 10.0. The lowest BCUT2D eigenvalue weighted by molar-refractivity contribution is -0.138. The molecule has 70 valence electrons. The first-order chi connectivity index (χ1) is 5.49. The average molecular weight is 192 g/mol. The van der Waals surface area contributed by atoms with Crippen molar-refractivity contribution in [3.05, 3.63) is 0 Å². The molecule has 0 radical (unpaired) electrons. The van der Waals surface area contributed by atoms with Crippen LogP contribution in [-0.4, -0.2) is 31.0 Å². The highest BCUT2D eigenvalue weighted by Crippen LogP contribution is 2.20. The standard InChI is InChI=1S/C7H12O4S/c8-7(9)4-6-2-1-3-12(10,11)5-6/h6H,1-5H2,(H,8,9)/t6-/m0/s1. The fraction of sp³-hybridized carbons (Fsp3) is 0.857. The molecule has 0 aromatic carbocycles. The largest absolute Gasteiger partial charge is 0.481 e. The zero-order valence-corrected chi connectivity index (χ0v) is 7.51. The normalized spacial score (nSPS) is 28.2. The van der Waals surface area contributed by atoms with E-state index < -0.39 is 15.8 Å². The van der Waals surface area contributed by atoms with E-state index in [2.05, 4.69) is 0 Å². The van der Waals surface area contributed by atoms with Gasteiger partial charge in [0.15, 0.2) is 9.84 Å². The van der Waals surface area contributed by atoms with Gasteiger partial charge in [0.25, 0.3) is 0 Å². The molecule has 1 aliphatic heterocycles. The Morgan fingerprint density at radius 2 is 2.17 bits per heavy atom. The van der Waals surface area contributed by atoms with Crippen molar-refractivity contribution in [2.75, 3.05) is 11.5 Å². The smallest absolute Gasteiger partial charge is 0.303 e. The summed E-state index contributed by atoms with van der Waals surface area (Å²) in [6, 6.07) is 0. The maximum absolute atomic E-state index is 11.0. The molecule has 0 aromatic rings. The number of carbonyl (C=O) groups is 1. The van der Waals surface area contributed by atoms with Gasteiger partial charge in [-0.25, -0.2) is 8.42 Å². The van der Waals surface area contributed by atoms with Gasteiger partial charge in [0.1, 0.15) is 0 Å². The summed E-state index contributed by atoms with van der Waals surface area (Å²) in [5.41, 5.74) is 0. The molecular formula is C7H12O4S. The van der Waals surface area contributed by atoms with E-state index in [1.54, 1.807) is 0 Å². The summed E-state index contributed by atoms with van der Waals surface area (Å²) < 4.78 is 22.1. The van der Waals surface area contributed by atoms with Crippen LogP contribution < -0.4 is 0 Å². The van der Waals surface area contributed by atoms with Gasteiger partial charge in [-0.3, -0.25) is 4.79 Å². The summed E-state index contributed by atoms with van der Waals surface area (Å²) in [5, 5.41) is 8.44. The molecule has 0 aliphatic carbocycles. The Bertz CT molecular complexity index is 267. The summed E-state index contributed by atoms with van der Waals surface area (Å²) in [4.78, 5) is 10.3. The number of carboxylic acid groups (broad SMARTS) is 1. The summed E-state index contributed by atoms with van der Waals surface area (Å²) in [5.74, 6) is -0.791. The molecule has 0 aromatic heterocycles. The molecule has 0 saturated carbocycles. The van der Waals surface area contributed by atoms with Crippen LogP contribution in [0.2, 0.25) is 0 Å².